The van der Waals surface area contributed by atoms with Crippen LogP contribution in [-0.4, -0.2) is 34.0 Å². The van der Waals surface area contributed by atoms with Crippen LogP contribution in [0.2, 0.25) is 0 Å². The van der Waals surface area contributed by atoms with E-state index in [2.05, 4.69) is 16.8 Å². The molecule has 1 aliphatic heterocycles. The zero-order valence-electron chi connectivity index (χ0n) is 11.0. The van der Waals surface area contributed by atoms with Crippen LogP contribution in [0.5, 0.6) is 0 Å². The number of carboxylic acids is 1. The van der Waals surface area contributed by atoms with Gasteiger partial charge >= 0.3 is 5.97 Å². The number of likely N-dealkylation sites (tertiary alicyclic amines) is 1. The van der Waals surface area contributed by atoms with E-state index in [1.165, 1.54) is 11.1 Å². The standard InChI is InChI=1S/C14H20N2O2/c1-11-3-6-15-9-12(11)10-16-7-4-14(2,5-8-16)13(17)18/h3,6,9H,4-5,7-8,10H2,1-2H3,(H,17,18). The van der Waals surface area contributed by atoms with Gasteiger partial charge in [-0.3, -0.25) is 14.7 Å². The number of pyridine rings is 1. The van der Waals surface area contributed by atoms with Crippen LogP contribution in [0.25, 0.3) is 0 Å². The van der Waals surface area contributed by atoms with Crippen molar-refractivity contribution in [2.45, 2.75) is 33.2 Å². The van der Waals surface area contributed by atoms with E-state index >= 15 is 0 Å². The molecule has 0 spiro atoms. The quantitative estimate of drug-likeness (QED) is 0.889. The summed E-state index contributed by atoms with van der Waals surface area (Å²) in [5.74, 6) is -0.667. The first-order chi connectivity index (χ1) is 8.51. The van der Waals surface area contributed by atoms with Crippen molar-refractivity contribution in [1.82, 2.24) is 9.88 Å². The van der Waals surface area contributed by atoms with E-state index in [1.54, 1.807) is 6.20 Å². The number of rotatable bonds is 3. The number of aromatic nitrogens is 1. The van der Waals surface area contributed by atoms with Crippen molar-refractivity contribution in [3.05, 3.63) is 29.6 Å². The normalized spacial score (nSPS) is 19.7. The Balaban J connectivity index is 1.95. The molecule has 0 unspecified atom stereocenters. The minimum Gasteiger partial charge on any atom is -0.481 e. The van der Waals surface area contributed by atoms with Gasteiger partial charge in [0.1, 0.15) is 0 Å². The van der Waals surface area contributed by atoms with E-state index in [0.717, 1.165) is 32.5 Å². The van der Waals surface area contributed by atoms with Crippen LogP contribution in [0.15, 0.2) is 18.5 Å². The molecule has 98 valence electrons. The summed E-state index contributed by atoms with van der Waals surface area (Å²) in [7, 11) is 0. The summed E-state index contributed by atoms with van der Waals surface area (Å²) in [6.45, 7) is 6.49. The van der Waals surface area contributed by atoms with E-state index in [-0.39, 0.29) is 0 Å². The third-order valence-corrected chi connectivity index (χ3v) is 4.02. The van der Waals surface area contributed by atoms with Gasteiger partial charge in [0.05, 0.1) is 5.41 Å². The summed E-state index contributed by atoms with van der Waals surface area (Å²) in [6, 6.07) is 2.01. The molecule has 1 fully saturated rings. The number of carboxylic acid groups (broad SMARTS) is 1. The summed E-state index contributed by atoms with van der Waals surface area (Å²) in [4.78, 5) is 17.6. The smallest absolute Gasteiger partial charge is 0.309 e. The van der Waals surface area contributed by atoms with Gasteiger partial charge in [-0.15, -0.1) is 0 Å². The van der Waals surface area contributed by atoms with Gasteiger partial charge < -0.3 is 5.11 Å². The molecule has 0 aromatic carbocycles. The predicted octanol–water partition coefficient (Wildman–Crippen LogP) is 2.08. The SMILES string of the molecule is Cc1ccncc1CN1CCC(C)(C(=O)O)CC1. The molecule has 0 bridgehead atoms. The van der Waals surface area contributed by atoms with Crippen molar-refractivity contribution in [1.29, 1.82) is 0 Å². The highest BCUT2D eigenvalue weighted by Crippen LogP contribution is 2.31. The number of aryl methyl sites for hydroxylation is 1. The monoisotopic (exact) mass is 248 g/mol. The molecule has 0 atom stereocenters. The second-order valence-corrected chi connectivity index (χ2v) is 5.44. The molecular weight excluding hydrogens is 228 g/mol. The van der Waals surface area contributed by atoms with Crippen LogP contribution in [0.3, 0.4) is 0 Å². The number of aliphatic carboxylic acids is 1. The molecule has 4 nitrogen and oxygen atoms in total. The van der Waals surface area contributed by atoms with E-state index < -0.39 is 11.4 Å². The van der Waals surface area contributed by atoms with Crippen LogP contribution >= 0.6 is 0 Å². The Morgan fingerprint density at radius 1 is 1.50 bits per heavy atom. The number of hydrogen-bond acceptors (Lipinski definition) is 3. The minimum atomic E-state index is -0.667. The van der Waals surface area contributed by atoms with E-state index in [0.29, 0.717) is 0 Å². The predicted molar refractivity (Wildman–Crippen MR) is 69.2 cm³/mol. The Hall–Kier alpha value is -1.42. The molecular formula is C14H20N2O2. The fourth-order valence-corrected chi connectivity index (χ4v) is 2.32. The number of hydrogen-bond donors (Lipinski definition) is 1. The summed E-state index contributed by atoms with van der Waals surface area (Å²) in [5, 5.41) is 9.19. The Kier molecular flexibility index (Phi) is 3.66. The van der Waals surface area contributed by atoms with Crippen LogP contribution in [-0.2, 0) is 11.3 Å². The lowest BCUT2D eigenvalue weighted by Gasteiger charge is -2.36. The lowest BCUT2D eigenvalue weighted by atomic mass is 9.80. The highest BCUT2D eigenvalue weighted by molar-refractivity contribution is 5.74. The van der Waals surface area contributed by atoms with Gasteiger partial charge in [0.15, 0.2) is 0 Å². The average molecular weight is 248 g/mol. The highest BCUT2D eigenvalue weighted by Gasteiger charge is 2.36. The zero-order chi connectivity index (χ0) is 13.2. The molecule has 4 heteroatoms. The summed E-state index contributed by atoms with van der Waals surface area (Å²) in [5.41, 5.74) is 1.94. The molecule has 1 aromatic heterocycles. The average Bonchev–Trinajstić information content (AvgIpc) is 2.35. The topological polar surface area (TPSA) is 53.4 Å². The number of nitrogens with zero attached hydrogens (tertiary/aromatic N) is 2. The van der Waals surface area contributed by atoms with E-state index in [1.807, 2.05) is 19.2 Å². The first-order valence-electron chi connectivity index (χ1n) is 6.36. The minimum absolute atomic E-state index is 0.541. The van der Waals surface area contributed by atoms with E-state index in [9.17, 15) is 9.90 Å². The molecule has 0 radical (unpaired) electrons. The number of piperidine rings is 1. The first kappa shape index (κ1) is 13.0. The van der Waals surface area contributed by atoms with Gasteiger partial charge in [-0.05, 0) is 57.0 Å². The maximum Gasteiger partial charge on any atom is 0.309 e. The second kappa shape index (κ2) is 5.06. The first-order valence-corrected chi connectivity index (χ1v) is 6.36. The van der Waals surface area contributed by atoms with Gasteiger partial charge in [0, 0.05) is 18.9 Å². The zero-order valence-corrected chi connectivity index (χ0v) is 11.0. The Labute approximate surface area is 108 Å². The Morgan fingerprint density at radius 3 is 2.72 bits per heavy atom. The molecule has 18 heavy (non-hydrogen) atoms. The van der Waals surface area contributed by atoms with E-state index in [4.69, 9.17) is 0 Å². The van der Waals surface area contributed by atoms with Gasteiger partial charge in [-0.1, -0.05) is 0 Å². The third-order valence-electron chi connectivity index (χ3n) is 4.02. The molecule has 0 aliphatic carbocycles. The molecule has 1 aromatic rings. The lowest BCUT2D eigenvalue weighted by molar-refractivity contribution is -0.150. The van der Waals surface area contributed by atoms with Gasteiger partial charge in [0.25, 0.3) is 0 Å². The van der Waals surface area contributed by atoms with Gasteiger partial charge in [-0.25, -0.2) is 0 Å². The fraction of sp³-hybridized carbons (Fsp3) is 0.571. The van der Waals surface area contributed by atoms with Crippen molar-refractivity contribution in [2.75, 3.05) is 13.1 Å². The summed E-state index contributed by atoms with van der Waals surface area (Å²) < 4.78 is 0. The van der Waals surface area contributed by atoms with Gasteiger partial charge in [0.2, 0.25) is 0 Å². The van der Waals surface area contributed by atoms with Crippen molar-refractivity contribution in [3.8, 4) is 0 Å². The number of carbonyl (C=O) groups is 1. The van der Waals surface area contributed by atoms with Crippen LogP contribution < -0.4 is 0 Å². The molecule has 1 N–H and O–H groups in total. The summed E-state index contributed by atoms with van der Waals surface area (Å²) in [6.07, 6.45) is 5.15. The van der Waals surface area contributed by atoms with Crippen molar-refractivity contribution < 1.29 is 9.90 Å². The maximum atomic E-state index is 11.2. The molecule has 0 saturated carbocycles. The molecule has 1 saturated heterocycles. The molecule has 0 amide bonds. The van der Waals surface area contributed by atoms with Crippen LogP contribution in [0.4, 0.5) is 0 Å². The second-order valence-electron chi connectivity index (χ2n) is 5.44. The third kappa shape index (κ3) is 2.70. The lowest BCUT2D eigenvalue weighted by Crippen LogP contribution is -2.42. The Bertz CT molecular complexity index is 437. The summed E-state index contributed by atoms with van der Waals surface area (Å²) >= 11 is 0. The fourth-order valence-electron chi connectivity index (χ4n) is 2.32. The maximum absolute atomic E-state index is 11.2. The van der Waals surface area contributed by atoms with Crippen LogP contribution in [0, 0.1) is 12.3 Å². The molecule has 2 rings (SSSR count). The molecule has 1 aliphatic rings. The van der Waals surface area contributed by atoms with Crippen molar-refractivity contribution >= 4 is 5.97 Å². The largest absolute Gasteiger partial charge is 0.481 e. The molecule has 2 heterocycles. The van der Waals surface area contributed by atoms with Crippen molar-refractivity contribution in [3.63, 3.8) is 0 Å². The van der Waals surface area contributed by atoms with Crippen molar-refractivity contribution in [2.24, 2.45) is 5.41 Å². The van der Waals surface area contributed by atoms with Crippen LogP contribution in [0.1, 0.15) is 30.9 Å². The van der Waals surface area contributed by atoms with Gasteiger partial charge in [-0.2, -0.15) is 0 Å². The highest BCUT2D eigenvalue weighted by atomic mass is 16.4. The Morgan fingerprint density at radius 2 is 2.17 bits per heavy atom.